The maximum atomic E-state index is 12.1. The predicted octanol–water partition coefficient (Wildman–Crippen LogP) is 2.20. The lowest BCUT2D eigenvalue weighted by molar-refractivity contribution is -0.188. The van der Waals surface area contributed by atoms with Crippen LogP contribution in [-0.2, 0) is 14.3 Å². The fraction of sp³-hybridized carbons (Fsp3) is 0.889. The molecule has 5 heteroatoms. The number of hydrogen-bond acceptors (Lipinski definition) is 3. The SMILES string of the molecule is CC(C)CCC(=O)N1CC2(CC[C@H](CNC(=O)C(C)C)CO2)C1. The highest BCUT2D eigenvalue weighted by Gasteiger charge is 2.48. The Morgan fingerprint density at radius 2 is 1.96 bits per heavy atom. The van der Waals surface area contributed by atoms with Crippen molar-refractivity contribution in [2.24, 2.45) is 17.8 Å². The van der Waals surface area contributed by atoms with Gasteiger partial charge in [-0.3, -0.25) is 9.59 Å². The molecule has 23 heavy (non-hydrogen) atoms. The lowest BCUT2D eigenvalue weighted by Gasteiger charge is -2.52. The first-order valence-electron chi connectivity index (χ1n) is 9.01. The fourth-order valence-electron chi connectivity index (χ4n) is 3.17. The Morgan fingerprint density at radius 1 is 1.26 bits per heavy atom. The van der Waals surface area contributed by atoms with Crippen molar-refractivity contribution in [1.29, 1.82) is 0 Å². The first kappa shape index (κ1) is 18.2. The van der Waals surface area contributed by atoms with Gasteiger partial charge in [0, 0.05) is 18.9 Å². The van der Waals surface area contributed by atoms with Gasteiger partial charge >= 0.3 is 0 Å². The average molecular weight is 324 g/mol. The van der Waals surface area contributed by atoms with Gasteiger partial charge in [0.05, 0.1) is 19.7 Å². The molecule has 1 spiro atoms. The van der Waals surface area contributed by atoms with E-state index in [1.165, 1.54) is 0 Å². The van der Waals surface area contributed by atoms with Crippen molar-refractivity contribution in [3.63, 3.8) is 0 Å². The van der Waals surface area contributed by atoms with Crippen LogP contribution in [0.1, 0.15) is 53.4 Å². The summed E-state index contributed by atoms with van der Waals surface area (Å²) in [7, 11) is 0. The molecule has 0 saturated carbocycles. The summed E-state index contributed by atoms with van der Waals surface area (Å²) >= 11 is 0. The molecule has 2 fully saturated rings. The minimum Gasteiger partial charge on any atom is -0.371 e. The van der Waals surface area contributed by atoms with E-state index in [-0.39, 0.29) is 23.3 Å². The van der Waals surface area contributed by atoms with Gasteiger partial charge in [-0.2, -0.15) is 0 Å². The lowest BCUT2D eigenvalue weighted by Crippen LogP contribution is -2.66. The summed E-state index contributed by atoms with van der Waals surface area (Å²) in [6, 6.07) is 0. The van der Waals surface area contributed by atoms with E-state index in [9.17, 15) is 9.59 Å². The van der Waals surface area contributed by atoms with Crippen molar-refractivity contribution in [3.8, 4) is 0 Å². The summed E-state index contributed by atoms with van der Waals surface area (Å²) < 4.78 is 6.07. The Labute approximate surface area is 140 Å². The normalized spacial score (nSPS) is 23.2. The van der Waals surface area contributed by atoms with E-state index in [0.29, 0.717) is 31.4 Å². The Morgan fingerprint density at radius 3 is 2.48 bits per heavy atom. The highest BCUT2D eigenvalue weighted by atomic mass is 16.5. The van der Waals surface area contributed by atoms with Crippen LogP contribution in [0.25, 0.3) is 0 Å². The van der Waals surface area contributed by atoms with Gasteiger partial charge in [-0.15, -0.1) is 0 Å². The van der Waals surface area contributed by atoms with Gasteiger partial charge in [-0.25, -0.2) is 0 Å². The number of nitrogens with zero attached hydrogens (tertiary/aromatic N) is 1. The number of amides is 2. The Hall–Kier alpha value is -1.10. The van der Waals surface area contributed by atoms with Crippen molar-refractivity contribution in [1.82, 2.24) is 10.2 Å². The van der Waals surface area contributed by atoms with E-state index in [4.69, 9.17) is 4.74 Å². The molecule has 2 saturated heterocycles. The molecule has 0 aromatic carbocycles. The van der Waals surface area contributed by atoms with Crippen molar-refractivity contribution in [2.75, 3.05) is 26.2 Å². The van der Waals surface area contributed by atoms with Crippen LogP contribution in [0.4, 0.5) is 0 Å². The number of likely N-dealkylation sites (tertiary alicyclic amines) is 1. The van der Waals surface area contributed by atoms with Crippen molar-refractivity contribution in [2.45, 2.75) is 59.0 Å². The van der Waals surface area contributed by atoms with Gasteiger partial charge < -0.3 is 15.0 Å². The number of nitrogens with one attached hydrogen (secondary N) is 1. The molecule has 0 aromatic rings. The quantitative estimate of drug-likeness (QED) is 0.815. The number of carbonyl (C=O) groups is 2. The van der Waals surface area contributed by atoms with Gasteiger partial charge in [0.1, 0.15) is 5.60 Å². The van der Waals surface area contributed by atoms with Crippen LogP contribution in [-0.4, -0.2) is 48.6 Å². The van der Waals surface area contributed by atoms with E-state index in [0.717, 1.165) is 32.4 Å². The van der Waals surface area contributed by atoms with Crippen LogP contribution in [0.2, 0.25) is 0 Å². The molecule has 1 N–H and O–H groups in total. The number of hydrogen-bond donors (Lipinski definition) is 1. The summed E-state index contributed by atoms with van der Waals surface area (Å²) in [5.74, 6) is 1.37. The lowest BCUT2D eigenvalue weighted by atomic mass is 9.82. The summed E-state index contributed by atoms with van der Waals surface area (Å²) in [4.78, 5) is 25.6. The summed E-state index contributed by atoms with van der Waals surface area (Å²) in [5.41, 5.74) is -0.105. The van der Waals surface area contributed by atoms with Crippen LogP contribution in [0, 0.1) is 17.8 Å². The van der Waals surface area contributed by atoms with Crippen molar-refractivity contribution >= 4 is 11.8 Å². The van der Waals surface area contributed by atoms with Crippen LogP contribution in [0.3, 0.4) is 0 Å². The van der Waals surface area contributed by atoms with Gasteiger partial charge in [0.2, 0.25) is 11.8 Å². The topological polar surface area (TPSA) is 58.6 Å². The first-order valence-corrected chi connectivity index (χ1v) is 9.01. The molecule has 2 rings (SSSR count). The second-order valence-corrected chi connectivity index (χ2v) is 7.98. The molecule has 0 aromatic heterocycles. The third kappa shape index (κ3) is 4.93. The zero-order valence-corrected chi connectivity index (χ0v) is 15.1. The second-order valence-electron chi connectivity index (χ2n) is 7.98. The van der Waals surface area contributed by atoms with Crippen molar-refractivity contribution < 1.29 is 14.3 Å². The standard InChI is InChI=1S/C18H32N2O3/c1-13(2)5-6-16(21)20-11-18(12-20)8-7-15(10-23-18)9-19-17(22)14(3)4/h13-15H,5-12H2,1-4H3,(H,19,22)/t15-/m1/s1. The Bertz CT molecular complexity index is 418. The summed E-state index contributed by atoms with van der Waals surface area (Å²) in [6.45, 7) is 11.0. The second kappa shape index (κ2) is 7.65. The largest absolute Gasteiger partial charge is 0.371 e. The van der Waals surface area contributed by atoms with E-state index in [1.807, 2.05) is 18.7 Å². The minimum atomic E-state index is -0.105. The molecule has 2 heterocycles. The molecule has 132 valence electrons. The summed E-state index contributed by atoms with van der Waals surface area (Å²) in [5, 5.41) is 2.99. The van der Waals surface area contributed by atoms with Crippen LogP contribution < -0.4 is 5.32 Å². The molecule has 1 atom stereocenters. The number of carbonyl (C=O) groups excluding carboxylic acids is 2. The van der Waals surface area contributed by atoms with Crippen molar-refractivity contribution in [3.05, 3.63) is 0 Å². The monoisotopic (exact) mass is 324 g/mol. The molecular weight excluding hydrogens is 292 g/mol. The molecule has 0 radical (unpaired) electrons. The third-order valence-corrected chi connectivity index (χ3v) is 4.97. The zero-order chi connectivity index (χ0) is 17.0. The average Bonchev–Trinajstić information content (AvgIpc) is 2.48. The smallest absolute Gasteiger partial charge is 0.222 e. The van der Waals surface area contributed by atoms with Gasteiger partial charge in [-0.1, -0.05) is 27.7 Å². The van der Waals surface area contributed by atoms with Gasteiger partial charge in [-0.05, 0) is 31.1 Å². The van der Waals surface area contributed by atoms with E-state index in [1.54, 1.807) is 0 Å². The molecule has 2 amide bonds. The summed E-state index contributed by atoms with van der Waals surface area (Å²) in [6.07, 6.45) is 3.66. The third-order valence-electron chi connectivity index (χ3n) is 4.97. The zero-order valence-electron chi connectivity index (χ0n) is 15.1. The van der Waals surface area contributed by atoms with Gasteiger partial charge in [0.25, 0.3) is 0 Å². The van der Waals surface area contributed by atoms with Crippen LogP contribution in [0.5, 0.6) is 0 Å². The highest BCUT2D eigenvalue weighted by molar-refractivity contribution is 5.78. The maximum Gasteiger partial charge on any atom is 0.222 e. The van der Waals surface area contributed by atoms with Crippen LogP contribution >= 0.6 is 0 Å². The Kier molecular flexibility index (Phi) is 6.06. The molecule has 2 aliphatic rings. The van der Waals surface area contributed by atoms with Gasteiger partial charge in [0.15, 0.2) is 0 Å². The minimum absolute atomic E-state index is 0.0305. The number of ether oxygens (including phenoxy) is 1. The van der Waals surface area contributed by atoms with E-state index < -0.39 is 0 Å². The fourth-order valence-corrected chi connectivity index (χ4v) is 3.17. The molecular formula is C18H32N2O3. The van der Waals surface area contributed by atoms with Crippen LogP contribution in [0.15, 0.2) is 0 Å². The first-order chi connectivity index (χ1) is 10.8. The van der Waals surface area contributed by atoms with E-state index in [2.05, 4.69) is 19.2 Å². The molecule has 0 bridgehead atoms. The maximum absolute atomic E-state index is 12.1. The predicted molar refractivity (Wildman–Crippen MR) is 89.9 cm³/mol. The molecule has 5 nitrogen and oxygen atoms in total. The highest BCUT2D eigenvalue weighted by Crippen LogP contribution is 2.36. The van der Waals surface area contributed by atoms with E-state index >= 15 is 0 Å². The molecule has 0 unspecified atom stereocenters. The number of rotatable bonds is 6. The molecule has 2 aliphatic heterocycles. The molecule has 0 aliphatic carbocycles. The Balaban J connectivity index is 1.66.